The first-order valence-corrected chi connectivity index (χ1v) is 9.74. The Morgan fingerprint density at radius 3 is 2.17 bits per heavy atom. The fourth-order valence-corrected chi connectivity index (χ4v) is 4.09. The number of carbonyl (C=O) groups is 1. The van der Waals surface area contributed by atoms with Crippen LogP contribution in [0.25, 0.3) is 5.69 Å². The van der Waals surface area contributed by atoms with Crippen molar-refractivity contribution in [2.45, 2.75) is 21.9 Å². The van der Waals surface area contributed by atoms with Gasteiger partial charge >= 0.3 is 10.1 Å². The molecule has 162 valence electrons. The molecule has 0 aliphatic heterocycles. The van der Waals surface area contributed by atoms with E-state index >= 15 is 0 Å². The van der Waals surface area contributed by atoms with Gasteiger partial charge < -0.3 is 0 Å². The molecule has 0 aliphatic rings. The Balaban J connectivity index is 2.90. The van der Waals surface area contributed by atoms with E-state index in [2.05, 4.69) is 5.10 Å². The van der Waals surface area contributed by atoms with Crippen LogP contribution in [0.3, 0.4) is 0 Å². The lowest BCUT2D eigenvalue weighted by atomic mass is 10.2. The fourth-order valence-electron chi connectivity index (χ4n) is 2.31. The first-order valence-electron chi connectivity index (χ1n) is 7.41. The molecule has 0 atom stereocenters. The molecule has 0 N–H and O–H groups in total. The Morgan fingerprint density at radius 2 is 1.80 bits per heavy atom. The summed E-state index contributed by atoms with van der Waals surface area (Å²) in [6, 6.07) is 2.78. The zero-order chi connectivity index (χ0) is 23.0. The van der Waals surface area contributed by atoms with Crippen molar-refractivity contribution >= 4 is 69.9 Å². The predicted molar refractivity (Wildman–Crippen MR) is 105 cm³/mol. The molecule has 0 saturated heterocycles. The minimum absolute atomic E-state index is 0.0926. The molecule has 1 heterocycles. The maximum Gasteiger partial charge on any atom is 0.416 e. The third-order valence-electron chi connectivity index (χ3n) is 3.36. The molecule has 0 spiro atoms. The van der Waals surface area contributed by atoms with Gasteiger partial charge in [0, 0.05) is 6.92 Å². The Bertz CT molecular complexity index is 1010. The molecule has 0 radical (unpaired) electrons. The Morgan fingerprint density at radius 1 is 1.27 bits per heavy atom. The second kappa shape index (κ2) is 8.98. The number of hydrogen-bond acceptors (Lipinski definition) is 5. The number of hydroxylamine groups is 1. The predicted octanol–water partition coefficient (Wildman–Crippen LogP) is 6.13. The number of aromatic nitrogens is 2. The van der Waals surface area contributed by atoms with Crippen LogP contribution in [0.15, 0.2) is 17.0 Å². The second-order valence-electron chi connectivity index (χ2n) is 5.35. The molecule has 0 unspecified atom stereocenters. The van der Waals surface area contributed by atoms with Crippen LogP contribution in [0.1, 0.15) is 18.2 Å². The smallest absolute Gasteiger partial charge is 0.272 e. The number of amides is 1. The van der Waals surface area contributed by atoms with Crippen molar-refractivity contribution in [3.05, 3.63) is 33.4 Å². The molecule has 2 rings (SSSR count). The molecule has 1 aromatic heterocycles. The third-order valence-corrected chi connectivity index (χ3v) is 5.21. The van der Waals surface area contributed by atoms with Crippen LogP contribution in [-0.2, 0) is 15.8 Å². The lowest BCUT2D eigenvalue weighted by Crippen LogP contribution is -2.30. The molecule has 30 heavy (non-hydrogen) atoms. The van der Waals surface area contributed by atoms with Gasteiger partial charge in [-0.1, -0.05) is 46.4 Å². The summed E-state index contributed by atoms with van der Waals surface area (Å²) in [7, 11) is 1.07. The highest BCUT2D eigenvalue weighted by Gasteiger charge is 2.36. The number of thioether (sulfide) groups is 1. The van der Waals surface area contributed by atoms with Gasteiger partial charge in [-0.25, -0.2) is 4.68 Å². The van der Waals surface area contributed by atoms with Crippen LogP contribution >= 0.6 is 58.2 Å². The van der Waals surface area contributed by atoms with E-state index in [4.69, 9.17) is 51.2 Å². The topological polar surface area (TPSA) is 71.2 Å². The average Bonchev–Trinajstić information content (AvgIpc) is 2.90. The van der Waals surface area contributed by atoms with Crippen molar-refractivity contribution in [2.24, 2.45) is 0 Å². The summed E-state index contributed by atoms with van der Waals surface area (Å²) in [6.07, 6.45) is -4.75. The van der Waals surface area contributed by atoms with Crippen LogP contribution in [0.2, 0.25) is 10.0 Å². The number of anilines is 1. The first kappa shape index (κ1) is 24.8. The molecule has 6 nitrogen and oxygen atoms in total. The van der Waals surface area contributed by atoms with Gasteiger partial charge in [-0.3, -0.25) is 9.63 Å². The number of benzene rings is 1. The Labute approximate surface area is 191 Å². The van der Waals surface area contributed by atoms with E-state index < -0.39 is 43.1 Å². The summed E-state index contributed by atoms with van der Waals surface area (Å²) in [5, 5.41) is 12.8. The number of halogens is 8. The second-order valence-corrected chi connectivity index (χ2v) is 9.03. The van der Waals surface area contributed by atoms with Gasteiger partial charge in [0.1, 0.15) is 11.8 Å². The van der Waals surface area contributed by atoms with Crippen LogP contribution in [0.4, 0.5) is 23.4 Å². The normalized spacial score (nSPS) is 12.0. The lowest BCUT2D eigenvalue weighted by molar-refractivity contribution is -0.137. The Hall–Kier alpha value is -1.42. The summed E-state index contributed by atoms with van der Waals surface area (Å²) < 4.78 is 50.8. The van der Waals surface area contributed by atoms with Gasteiger partial charge in [-0.2, -0.15) is 33.0 Å². The summed E-state index contributed by atoms with van der Waals surface area (Å²) >= 11 is 22.9. The van der Waals surface area contributed by atoms with Crippen molar-refractivity contribution in [1.82, 2.24) is 9.78 Å². The summed E-state index contributed by atoms with van der Waals surface area (Å²) in [6.45, 7) is 1.06. The number of nitriles is 1. The molecular weight excluding hydrogens is 518 g/mol. The maximum atomic E-state index is 13.9. The van der Waals surface area contributed by atoms with E-state index in [1.165, 1.54) is 0 Å². The molecule has 1 aromatic carbocycles. The quantitative estimate of drug-likeness (QED) is 0.203. The first-order chi connectivity index (χ1) is 13.7. The van der Waals surface area contributed by atoms with E-state index in [0.29, 0.717) is 17.2 Å². The molecule has 1 amide bonds. The SMILES string of the molecule is CON(C(C)=O)c1c(SC(F)(Cl)Cl)c(C#N)nn1-c1c(Cl)cc(C(F)(F)F)cc1Cl. The van der Waals surface area contributed by atoms with Gasteiger partial charge in [0.05, 0.1) is 27.6 Å². The summed E-state index contributed by atoms with van der Waals surface area (Å²) in [5.41, 5.74) is -1.96. The van der Waals surface area contributed by atoms with E-state index in [0.717, 1.165) is 18.7 Å². The van der Waals surface area contributed by atoms with Gasteiger partial charge in [-0.05, 0) is 23.9 Å². The minimum Gasteiger partial charge on any atom is -0.272 e. The molecular formula is C15H8Cl4F4N4O2S. The van der Waals surface area contributed by atoms with Crippen molar-refractivity contribution in [2.75, 3.05) is 12.2 Å². The lowest BCUT2D eigenvalue weighted by Gasteiger charge is -2.22. The van der Waals surface area contributed by atoms with E-state index in [1.54, 1.807) is 6.07 Å². The van der Waals surface area contributed by atoms with Crippen LogP contribution in [0, 0.1) is 11.3 Å². The molecule has 0 saturated carbocycles. The maximum absolute atomic E-state index is 13.9. The monoisotopic (exact) mass is 524 g/mol. The summed E-state index contributed by atoms with van der Waals surface area (Å²) in [4.78, 5) is 16.6. The number of rotatable bonds is 5. The minimum atomic E-state index is -4.75. The number of alkyl halides is 6. The third kappa shape index (κ3) is 5.25. The van der Waals surface area contributed by atoms with Crippen molar-refractivity contribution < 1.29 is 27.2 Å². The molecule has 15 heteroatoms. The van der Waals surface area contributed by atoms with Crippen molar-refractivity contribution in [3.8, 4) is 11.8 Å². The number of hydrogen-bond donors (Lipinski definition) is 0. The highest BCUT2D eigenvalue weighted by Crippen LogP contribution is 2.48. The largest absolute Gasteiger partial charge is 0.416 e. The van der Waals surface area contributed by atoms with E-state index in [1.807, 2.05) is 0 Å². The highest BCUT2D eigenvalue weighted by molar-refractivity contribution is 8.03. The zero-order valence-corrected chi connectivity index (χ0v) is 18.5. The highest BCUT2D eigenvalue weighted by atomic mass is 35.5. The average molecular weight is 526 g/mol. The van der Waals surface area contributed by atoms with E-state index in [9.17, 15) is 27.6 Å². The van der Waals surface area contributed by atoms with Crippen molar-refractivity contribution in [3.63, 3.8) is 0 Å². The Kier molecular flexibility index (Phi) is 7.44. The summed E-state index contributed by atoms with van der Waals surface area (Å²) in [5.74, 6) is -1.17. The van der Waals surface area contributed by atoms with Gasteiger partial charge in [0.25, 0.3) is 0 Å². The van der Waals surface area contributed by atoms with Crippen LogP contribution in [-0.4, -0.2) is 26.7 Å². The van der Waals surface area contributed by atoms with Gasteiger partial charge in [0.15, 0.2) is 11.5 Å². The molecule has 0 aliphatic carbocycles. The van der Waals surface area contributed by atoms with Crippen molar-refractivity contribution in [1.29, 1.82) is 5.26 Å². The molecule has 0 bridgehead atoms. The van der Waals surface area contributed by atoms with Crippen LogP contribution in [0.5, 0.6) is 0 Å². The number of carbonyl (C=O) groups excluding carboxylic acids is 1. The zero-order valence-electron chi connectivity index (χ0n) is 14.7. The number of nitrogens with zero attached hydrogens (tertiary/aromatic N) is 4. The van der Waals surface area contributed by atoms with E-state index in [-0.39, 0.29) is 22.3 Å². The van der Waals surface area contributed by atoms with Gasteiger partial charge in [0.2, 0.25) is 5.91 Å². The van der Waals surface area contributed by atoms with Gasteiger partial charge in [-0.15, -0.1) is 0 Å². The molecule has 0 fully saturated rings. The molecule has 2 aromatic rings. The van der Waals surface area contributed by atoms with Crippen LogP contribution < -0.4 is 5.06 Å². The standard InChI is InChI=1S/C15H8Cl4F4N4O2S/c1-6(28)27(29-2)13-12(30-15(18,19)23)10(5-24)25-26(13)11-8(16)3-7(4-9(11)17)14(20,21)22/h3-4H,1-2H3. The fraction of sp³-hybridized carbons (Fsp3) is 0.267.